The van der Waals surface area contributed by atoms with E-state index in [-0.39, 0.29) is 49.1 Å². The number of guanidine groups is 1. The number of methoxy groups -OCH3 is 1. The summed E-state index contributed by atoms with van der Waals surface area (Å²) < 4.78 is 28.4. The first-order valence-corrected chi connectivity index (χ1v) is 20.0. The van der Waals surface area contributed by atoms with Crippen LogP contribution in [0.25, 0.3) is 0 Å². The van der Waals surface area contributed by atoms with Gasteiger partial charge in [0.1, 0.15) is 31.6 Å². The number of carbonyl (C=O) groups is 4. The number of aliphatic hydroxyl groups is 1. The summed E-state index contributed by atoms with van der Waals surface area (Å²) in [5.41, 5.74) is 0.956. The van der Waals surface area contributed by atoms with Crippen LogP contribution >= 0.6 is 0 Å². The van der Waals surface area contributed by atoms with E-state index < -0.39 is 56.4 Å². The van der Waals surface area contributed by atoms with Crippen LogP contribution in [-0.4, -0.2) is 97.6 Å². The van der Waals surface area contributed by atoms with Gasteiger partial charge in [0.15, 0.2) is 6.04 Å². The Morgan fingerprint density at radius 1 is 0.868 bits per heavy atom. The molecule has 3 amide bonds. The van der Waals surface area contributed by atoms with E-state index in [0.717, 1.165) is 17.6 Å². The van der Waals surface area contributed by atoms with Crippen LogP contribution in [0.1, 0.15) is 73.4 Å². The Hall–Kier alpha value is -4.47. The first kappa shape index (κ1) is 42.9. The van der Waals surface area contributed by atoms with Crippen LogP contribution in [0.4, 0.5) is 14.4 Å². The maximum Gasteiger partial charge on any atom is 0.437 e. The van der Waals surface area contributed by atoms with Gasteiger partial charge in [-0.1, -0.05) is 102 Å². The zero-order valence-corrected chi connectivity index (χ0v) is 33.5. The molecular formula is C38H56N4O10Si. The number of alkyl carbamates (subject to hydrolysis) is 1. The number of amides is 3. The maximum atomic E-state index is 13.9. The molecule has 15 heteroatoms. The van der Waals surface area contributed by atoms with Crippen LogP contribution in [0.3, 0.4) is 0 Å². The van der Waals surface area contributed by atoms with E-state index in [2.05, 4.69) is 51.9 Å². The van der Waals surface area contributed by atoms with Gasteiger partial charge in [-0.15, -0.1) is 4.99 Å². The molecule has 1 saturated heterocycles. The molecule has 2 N–H and O–H groups in total. The number of hydrogen-bond donors (Lipinski definition) is 2. The van der Waals surface area contributed by atoms with Gasteiger partial charge in [-0.3, -0.25) is 0 Å². The molecule has 1 aliphatic heterocycles. The van der Waals surface area contributed by atoms with E-state index in [9.17, 15) is 24.3 Å². The second kappa shape index (κ2) is 19.0. The van der Waals surface area contributed by atoms with Gasteiger partial charge in [-0.05, 0) is 48.5 Å². The number of nitrogens with one attached hydrogen (secondary N) is 1. The first-order chi connectivity index (χ1) is 24.9. The lowest BCUT2D eigenvalue weighted by atomic mass is 10.0. The molecular weight excluding hydrogens is 701 g/mol. The summed E-state index contributed by atoms with van der Waals surface area (Å²) in [4.78, 5) is 60.1. The number of aliphatic imine (C=N–C) groups is 1. The number of hydrogen-bond acceptors (Lipinski definition) is 10. The summed E-state index contributed by atoms with van der Waals surface area (Å²) in [6, 6.07) is 15.2. The Kier molecular flexibility index (Phi) is 15.4. The zero-order valence-electron chi connectivity index (χ0n) is 32.5. The Bertz CT molecular complexity index is 1530. The molecule has 0 radical (unpaired) electrons. The van der Waals surface area contributed by atoms with Crippen LogP contribution in [0.2, 0.25) is 16.6 Å². The van der Waals surface area contributed by atoms with Crippen LogP contribution in [0.5, 0.6) is 0 Å². The average Bonchev–Trinajstić information content (AvgIpc) is 3.45. The molecule has 2 aromatic rings. The first-order valence-electron chi connectivity index (χ1n) is 17.8. The lowest BCUT2D eigenvalue weighted by Gasteiger charge is -2.44. The minimum absolute atomic E-state index is 0.0915. The maximum absolute atomic E-state index is 13.9. The molecule has 2 aromatic carbocycles. The minimum Gasteiger partial charge on any atom is -0.467 e. The van der Waals surface area contributed by atoms with Crippen molar-refractivity contribution in [3.8, 4) is 0 Å². The molecule has 1 fully saturated rings. The fourth-order valence-electron chi connectivity index (χ4n) is 6.78. The van der Waals surface area contributed by atoms with E-state index in [4.69, 9.17) is 23.4 Å². The Morgan fingerprint density at radius 2 is 1.38 bits per heavy atom. The van der Waals surface area contributed by atoms with Crippen molar-refractivity contribution < 1.29 is 47.7 Å². The van der Waals surface area contributed by atoms with Crippen molar-refractivity contribution in [1.82, 2.24) is 15.1 Å². The highest BCUT2D eigenvalue weighted by Gasteiger charge is 2.51. The van der Waals surface area contributed by atoms with E-state index in [1.165, 1.54) is 4.90 Å². The van der Waals surface area contributed by atoms with Gasteiger partial charge in [0, 0.05) is 0 Å². The van der Waals surface area contributed by atoms with Crippen molar-refractivity contribution in [3.05, 3.63) is 71.8 Å². The monoisotopic (exact) mass is 756 g/mol. The Labute approximate surface area is 313 Å². The van der Waals surface area contributed by atoms with Gasteiger partial charge in [0.25, 0.3) is 0 Å². The fourth-order valence-corrected chi connectivity index (χ4v) is 12.1. The van der Waals surface area contributed by atoms with Crippen LogP contribution in [0.15, 0.2) is 65.7 Å². The molecule has 1 heterocycles. The summed E-state index contributed by atoms with van der Waals surface area (Å²) >= 11 is 0. The van der Waals surface area contributed by atoms with Gasteiger partial charge >= 0.3 is 24.2 Å². The van der Waals surface area contributed by atoms with Gasteiger partial charge in [0.05, 0.1) is 19.7 Å². The molecule has 0 unspecified atom stereocenters. The summed E-state index contributed by atoms with van der Waals surface area (Å²) in [6.07, 6.45) is -4.60. The molecule has 292 valence electrons. The predicted octanol–water partition coefficient (Wildman–Crippen LogP) is 6.58. The Balaban J connectivity index is 2.12. The van der Waals surface area contributed by atoms with E-state index in [0.29, 0.717) is 5.56 Å². The summed E-state index contributed by atoms with van der Waals surface area (Å²) in [6.45, 7) is 16.8. The molecule has 0 aromatic heterocycles. The topological polar surface area (TPSA) is 166 Å². The highest BCUT2D eigenvalue weighted by Crippen LogP contribution is 2.42. The van der Waals surface area contributed by atoms with Gasteiger partial charge in [-0.2, -0.15) is 0 Å². The highest BCUT2D eigenvalue weighted by molar-refractivity contribution is 6.77. The number of ether oxygens (including phenoxy) is 4. The number of carbonyl (C=O) groups excluding carboxylic acids is 4. The van der Waals surface area contributed by atoms with Gasteiger partial charge < -0.3 is 38.7 Å². The van der Waals surface area contributed by atoms with E-state index in [1.54, 1.807) is 69.3 Å². The van der Waals surface area contributed by atoms with Crippen molar-refractivity contribution in [2.45, 2.75) is 116 Å². The molecule has 0 aliphatic carbocycles. The normalized spacial score (nSPS) is 16.9. The summed E-state index contributed by atoms with van der Waals surface area (Å²) in [5.74, 6) is -1.18. The smallest absolute Gasteiger partial charge is 0.437 e. The summed E-state index contributed by atoms with van der Waals surface area (Å²) in [5, 5.41) is 14.4. The third kappa shape index (κ3) is 11.5. The molecule has 0 spiro atoms. The van der Waals surface area contributed by atoms with Gasteiger partial charge in [0.2, 0.25) is 14.3 Å². The standard InChI is InChI=1S/C38H56N4O10Si/c1-25(2)53(26(3)4,27(5)6)51-24-42-30(32(43)31(33(44)48-10)39-36(46)52-38(7,8)9)21-41(37(47)50-23-29-19-15-12-16-20-29)34(42)40-35(45)49-22-28-17-13-11-14-18-28/h11-20,25-27,30-32,43H,21-24H2,1-10H3,(H,39,46)/b40-34-/t30-,31-,32-/m0/s1. The third-order valence-corrected chi connectivity index (χ3v) is 15.2. The SMILES string of the molecule is COC(=O)[C@@H](NC(=O)OC(C)(C)C)[C@@H](O)[C@@H]1CN(C(=O)OCc2ccccc2)/C(=N/C(=O)OCc2ccccc2)N1CO[Si](C(C)C)(C(C)C)C(C)C. The quantitative estimate of drug-likeness (QED) is 0.122. The molecule has 14 nitrogen and oxygen atoms in total. The van der Waals surface area contributed by atoms with Crippen LogP contribution < -0.4 is 5.32 Å². The van der Waals surface area contributed by atoms with E-state index in [1.807, 2.05) is 12.1 Å². The Morgan fingerprint density at radius 3 is 1.85 bits per heavy atom. The number of rotatable bonds is 14. The van der Waals surface area contributed by atoms with Crippen molar-refractivity contribution in [2.75, 3.05) is 20.4 Å². The number of benzene rings is 2. The highest BCUT2D eigenvalue weighted by atomic mass is 28.4. The van der Waals surface area contributed by atoms with Crippen LogP contribution in [-0.2, 0) is 41.4 Å². The predicted molar refractivity (Wildman–Crippen MR) is 201 cm³/mol. The number of nitrogens with zero attached hydrogens (tertiary/aromatic N) is 3. The molecule has 1 aliphatic rings. The lowest BCUT2D eigenvalue weighted by molar-refractivity contribution is -0.147. The molecule has 0 bridgehead atoms. The van der Waals surface area contributed by atoms with Crippen molar-refractivity contribution >= 4 is 38.5 Å². The molecule has 53 heavy (non-hydrogen) atoms. The fraction of sp³-hybridized carbons (Fsp3) is 0.553. The van der Waals surface area contributed by atoms with Gasteiger partial charge in [-0.25, -0.2) is 24.1 Å². The van der Waals surface area contributed by atoms with E-state index >= 15 is 0 Å². The zero-order chi connectivity index (χ0) is 39.5. The second-order valence-electron chi connectivity index (χ2n) is 14.9. The average molecular weight is 757 g/mol. The summed E-state index contributed by atoms with van der Waals surface area (Å²) in [7, 11) is -1.50. The number of esters is 1. The minimum atomic E-state index is -2.62. The molecule has 0 saturated carbocycles. The third-order valence-electron chi connectivity index (χ3n) is 9.11. The molecule has 3 atom stereocenters. The van der Waals surface area contributed by atoms with Crippen molar-refractivity contribution in [1.29, 1.82) is 0 Å². The second-order valence-corrected chi connectivity index (χ2v) is 20.3. The molecule has 3 rings (SSSR count). The lowest BCUT2D eigenvalue weighted by Crippen LogP contribution is -2.59. The van der Waals surface area contributed by atoms with Crippen LogP contribution in [0, 0.1) is 0 Å². The number of aliphatic hydroxyl groups excluding tert-OH is 1. The largest absolute Gasteiger partial charge is 0.467 e. The van der Waals surface area contributed by atoms with Crippen molar-refractivity contribution in [2.24, 2.45) is 4.99 Å². The van der Waals surface area contributed by atoms with Crippen molar-refractivity contribution in [3.63, 3.8) is 0 Å².